The van der Waals surface area contributed by atoms with Crippen molar-refractivity contribution in [1.82, 2.24) is 10.3 Å². The summed E-state index contributed by atoms with van der Waals surface area (Å²) in [7, 11) is 0. The molecule has 21 heavy (non-hydrogen) atoms. The maximum Gasteiger partial charge on any atom is 0.252 e. The van der Waals surface area contributed by atoms with Crippen LogP contribution < -0.4 is 5.32 Å². The molecule has 1 N–H and O–H groups in total. The number of hydrogen-bond donors (Lipinski definition) is 1. The van der Waals surface area contributed by atoms with E-state index in [1.807, 2.05) is 24.3 Å². The molecule has 0 radical (unpaired) electrons. The lowest BCUT2D eigenvalue weighted by molar-refractivity contribution is 0.0954. The highest BCUT2D eigenvalue weighted by atomic mass is 35.5. The van der Waals surface area contributed by atoms with E-state index < -0.39 is 0 Å². The topological polar surface area (TPSA) is 55.1 Å². The van der Waals surface area contributed by atoms with Crippen LogP contribution in [0.1, 0.15) is 16.2 Å². The predicted molar refractivity (Wildman–Crippen MR) is 81.5 cm³/mol. The Hall–Kier alpha value is -2.33. The highest BCUT2D eigenvalue weighted by Crippen LogP contribution is 2.16. The van der Waals surface area contributed by atoms with E-state index in [9.17, 15) is 4.79 Å². The average molecular weight is 301 g/mol. The number of nitrogens with zero attached hydrogens (tertiary/aromatic N) is 1. The van der Waals surface area contributed by atoms with Gasteiger partial charge in [-0.15, -0.1) is 0 Å². The van der Waals surface area contributed by atoms with Gasteiger partial charge in [-0.1, -0.05) is 35.9 Å². The molecule has 3 rings (SSSR count). The Morgan fingerprint density at radius 1 is 1.14 bits per heavy atom. The van der Waals surface area contributed by atoms with Crippen molar-refractivity contribution in [3.8, 4) is 0 Å². The van der Waals surface area contributed by atoms with Crippen molar-refractivity contribution in [1.29, 1.82) is 0 Å². The van der Waals surface area contributed by atoms with Gasteiger partial charge in [-0.25, -0.2) is 4.98 Å². The minimum absolute atomic E-state index is 0.197. The number of rotatable bonds is 4. The zero-order chi connectivity index (χ0) is 14.7. The number of halogens is 1. The third-order valence-electron chi connectivity index (χ3n) is 3.08. The van der Waals surface area contributed by atoms with Crippen LogP contribution in [-0.4, -0.2) is 17.4 Å². The Labute approximate surface area is 126 Å². The van der Waals surface area contributed by atoms with Crippen molar-refractivity contribution in [3.63, 3.8) is 0 Å². The van der Waals surface area contributed by atoms with E-state index in [-0.39, 0.29) is 5.91 Å². The Morgan fingerprint density at radius 3 is 2.71 bits per heavy atom. The summed E-state index contributed by atoms with van der Waals surface area (Å²) in [5.41, 5.74) is 2.05. The van der Waals surface area contributed by atoms with Crippen molar-refractivity contribution >= 4 is 28.6 Å². The summed E-state index contributed by atoms with van der Waals surface area (Å²) in [5.74, 6) is 0.410. The van der Waals surface area contributed by atoms with Crippen LogP contribution >= 0.6 is 11.6 Å². The third-order valence-corrected chi connectivity index (χ3v) is 3.41. The van der Waals surface area contributed by atoms with Crippen molar-refractivity contribution in [2.75, 3.05) is 6.54 Å². The van der Waals surface area contributed by atoms with Crippen LogP contribution in [0, 0.1) is 0 Å². The standard InChI is InChI=1S/C16H13ClN2O2/c17-12-6-2-1-5-11(12)16(20)18-10-9-15-19-13-7-3-4-8-14(13)21-15/h1-8H,9-10H2,(H,18,20). The second-order valence-electron chi connectivity index (χ2n) is 4.56. The summed E-state index contributed by atoms with van der Waals surface area (Å²) in [6, 6.07) is 14.5. The molecule has 0 unspecified atom stereocenters. The van der Waals surface area contributed by atoms with Crippen LogP contribution in [0.5, 0.6) is 0 Å². The number of amides is 1. The molecule has 0 saturated carbocycles. The van der Waals surface area contributed by atoms with Gasteiger partial charge in [0, 0.05) is 13.0 Å². The number of nitrogens with one attached hydrogen (secondary N) is 1. The van der Waals surface area contributed by atoms with E-state index in [4.69, 9.17) is 16.0 Å². The van der Waals surface area contributed by atoms with E-state index in [0.29, 0.717) is 29.4 Å². The molecule has 0 saturated heterocycles. The first-order valence-corrected chi connectivity index (χ1v) is 6.99. The maximum absolute atomic E-state index is 12.0. The van der Waals surface area contributed by atoms with E-state index in [2.05, 4.69) is 10.3 Å². The molecule has 2 aromatic carbocycles. The number of fused-ring (bicyclic) bond motifs is 1. The summed E-state index contributed by atoms with van der Waals surface area (Å²) >= 11 is 5.98. The van der Waals surface area contributed by atoms with E-state index in [1.54, 1.807) is 24.3 Å². The van der Waals surface area contributed by atoms with Gasteiger partial charge in [-0.2, -0.15) is 0 Å². The second-order valence-corrected chi connectivity index (χ2v) is 4.97. The molecule has 3 aromatic rings. The molecule has 0 spiro atoms. The van der Waals surface area contributed by atoms with Gasteiger partial charge >= 0.3 is 0 Å². The number of para-hydroxylation sites is 2. The van der Waals surface area contributed by atoms with Crippen LogP contribution in [0.3, 0.4) is 0 Å². The van der Waals surface area contributed by atoms with Gasteiger partial charge in [0.15, 0.2) is 11.5 Å². The summed E-state index contributed by atoms with van der Waals surface area (Å²) in [6.45, 7) is 0.441. The molecule has 0 aliphatic heterocycles. The normalized spacial score (nSPS) is 10.7. The Kier molecular flexibility index (Phi) is 3.88. The minimum Gasteiger partial charge on any atom is -0.441 e. The molecule has 0 aliphatic carbocycles. The SMILES string of the molecule is O=C(NCCc1nc2ccccc2o1)c1ccccc1Cl. The molecule has 0 atom stereocenters. The van der Waals surface area contributed by atoms with E-state index in [1.165, 1.54) is 0 Å². The van der Waals surface area contributed by atoms with Crippen LogP contribution in [0.15, 0.2) is 52.9 Å². The summed E-state index contributed by atoms with van der Waals surface area (Å²) in [5, 5.41) is 3.25. The number of hydrogen-bond acceptors (Lipinski definition) is 3. The minimum atomic E-state index is -0.197. The first-order chi connectivity index (χ1) is 10.2. The molecule has 5 heteroatoms. The number of aromatic nitrogens is 1. The lowest BCUT2D eigenvalue weighted by atomic mass is 10.2. The van der Waals surface area contributed by atoms with Gasteiger partial charge in [0.25, 0.3) is 5.91 Å². The largest absolute Gasteiger partial charge is 0.441 e. The molecule has 4 nitrogen and oxygen atoms in total. The molecule has 0 aliphatic rings. The predicted octanol–water partition coefficient (Wildman–Crippen LogP) is 3.45. The van der Waals surface area contributed by atoms with Gasteiger partial charge in [0.05, 0.1) is 10.6 Å². The van der Waals surface area contributed by atoms with E-state index >= 15 is 0 Å². The second kappa shape index (κ2) is 5.97. The fourth-order valence-electron chi connectivity index (χ4n) is 2.05. The van der Waals surface area contributed by atoms with Crippen LogP contribution in [0.25, 0.3) is 11.1 Å². The number of carbonyl (C=O) groups excluding carboxylic acids is 1. The number of carbonyl (C=O) groups is 1. The maximum atomic E-state index is 12.0. The monoisotopic (exact) mass is 300 g/mol. The van der Waals surface area contributed by atoms with Gasteiger partial charge in [-0.3, -0.25) is 4.79 Å². The molecule has 1 heterocycles. The van der Waals surface area contributed by atoms with E-state index in [0.717, 1.165) is 11.1 Å². The van der Waals surface area contributed by atoms with Crippen LogP contribution in [-0.2, 0) is 6.42 Å². The number of oxazole rings is 1. The summed E-state index contributed by atoms with van der Waals surface area (Å²) in [6.07, 6.45) is 0.533. The van der Waals surface area contributed by atoms with Crippen molar-refractivity contribution < 1.29 is 9.21 Å². The zero-order valence-corrected chi connectivity index (χ0v) is 11.9. The molecule has 1 aromatic heterocycles. The summed E-state index contributed by atoms with van der Waals surface area (Å²) < 4.78 is 5.59. The molecular weight excluding hydrogens is 288 g/mol. The lowest BCUT2D eigenvalue weighted by Crippen LogP contribution is -2.26. The van der Waals surface area contributed by atoms with Gasteiger partial charge in [0.1, 0.15) is 5.52 Å². The highest BCUT2D eigenvalue weighted by Gasteiger charge is 2.10. The number of benzene rings is 2. The molecule has 0 fully saturated rings. The molecule has 0 bridgehead atoms. The van der Waals surface area contributed by atoms with Gasteiger partial charge < -0.3 is 9.73 Å². The van der Waals surface area contributed by atoms with Crippen molar-refractivity contribution in [2.24, 2.45) is 0 Å². The molecule has 1 amide bonds. The lowest BCUT2D eigenvalue weighted by Gasteiger charge is -2.05. The Morgan fingerprint density at radius 2 is 1.90 bits per heavy atom. The average Bonchev–Trinajstić information content (AvgIpc) is 2.90. The first kappa shape index (κ1) is 13.6. The van der Waals surface area contributed by atoms with Crippen LogP contribution in [0.4, 0.5) is 0 Å². The molecular formula is C16H13ClN2O2. The van der Waals surface area contributed by atoms with Gasteiger partial charge in [-0.05, 0) is 24.3 Å². The highest BCUT2D eigenvalue weighted by molar-refractivity contribution is 6.33. The Bertz CT molecular complexity index is 750. The first-order valence-electron chi connectivity index (χ1n) is 6.61. The summed E-state index contributed by atoms with van der Waals surface area (Å²) in [4.78, 5) is 16.3. The fourth-order valence-corrected chi connectivity index (χ4v) is 2.27. The smallest absolute Gasteiger partial charge is 0.252 e. The fraction of sp³-hybridized carbons (Fsp3) is 0.125. The van der Waals surface area contributed by atoms with Gasteiger partial charge in [0.2, 0.25) is 0 Å². The zero-order valence-electron chi connectivity index (χ0n) is 11.2. The quantitative estimate of drug-likeness (QED) is 0.803. The van der Waals surface area contributed by atoms with Crippen LogP contribution in [0.2, 0.25) is 5.02 Å². The Balaban J connectivity index is 1.61. The van der Waals surface area contributed by atoms with Crippen molar-refractivity contribution in [3.05, 3.63) is 65.0 Å². The van der Waals surface area contributed by atoms with Crippen molar-refractivity contribution in [2.45, 2.75) is 6.42 Å². The third kappa shape index (κ3) is 3.06. The molecule has 106 valence electrons.